The second-order valence-electron chi connectivity index (χ2n) is 5.24. The molecule has 9 nitrogen and oxygen atoms in total. The Morgan fingerprint density at radius 2 is 2.04 bits per heavy atom. The lowest BCUT2D eigenvalue weighted by Gasteiger charge is -2.28. The minimum atomic E-state index is -0.950. The van der Waals surface area contributed by atoms with Crippen molar-refractivity contribution in [2.45, 2.75) is 25.9 Å². The highest BCUT2D eigenvalue weighted by molar-refractivity contribution is 5.95. The van der Waals surface area contributed by atoms with Crippen LogP contribution >= 0.6 is 0 Å². The molecule has 0 unspecified atom stereocenters. The van der Waals surface area contributed by atoms with Gasteiger partial charge in [0.05, 0.1) is 5.69 Å². The molecule has 122 valence electrons. The molecule has 0 saturated carbocycles. The van der Waals surface area contributed by atoms with Crippen molar-refractivity contribution >= 4 is 29.4 Å². The van der Waals surface area contributed by atoms with Gasteiger partial charge < -0.3 is 16.0 Å². The quantitative estimate of drug-likeness (QED) is 0.795. The van der Waals surface area contributed by atoms with Crippen LogP contribution in [-0.4, -0.2) is 30.7 Å². The summed E-state index contributed by atoms with van der Waals surface area (Å²) in [5.41, 5.74) is 7.13. The number of anilines is 2. The molecule has 0 aliphatic carbocycles. The summed E-state index contributed by atoms with van der Waals surface area (Å²) in [5.74, 6) is -0.127. The predicted molar refractivity (Wildman–Crippen MR) is 82.3 cm³/mol. The molecule has 2 heterocycles. The number of nitrogens with two attached hydrogens (primary N) is 1. The van der Waals surface area contributed by atoms with E-state index in [9.17, 15) is 9.59 Å². The van der Waals surface area contributed by atoms with Crippen molar-refractivity contribution in [1.29, 1.82) is 0 Å². The highest BCUT2D eigenvalue weighted by Crippen LogP contribution is 2.27. The molecule has 23 heavy (non-hydrogen) atoms. The molecular weight excluding hydrogens is 302 g/mol. The van der Waals surface area contributed by atoms with Crippen LogP contribution in [0.2, 0.25) is 0 Å². The van der Waals surface area contributed by atoms with Crippen LogP contribution in [0.3, 0.4) is 0 Å². The standard InChI is InChI=1S/C14H17N5O4/c1-9(20)16-12-3-2-8-18(12)10-4-6-11(7-5-10)19-13(15)17-22-14(21)23-19/h4-7,12H,2-3,8H2,1H3,(H2,15,17)(H,16,20)/t12-/m1/s1. The number of carbonyl (C=O) groups is 2. The van der Waals surface area contributed by atoms with Crippen LogP contribution in [0.25, 0.3) is 0 Å². The highest BCUT2D eigenvalue weighted by Gasteiger charge is 2.27. The molecule has 0 radical (unpaired) electrons. The Bertz CT molecular complexity index is 645. The number of nitrogens with one attached hydrogen (secondary N) is 1. The fourth-order valence-electron chi connectivity index (χ4n) is 2.68. The fraction of sp³-hybridized carbons (Fsp3) is 0.357. The third kappa shape index (κ3) is 3.12. The van der Waals surface area contributed by atoms with Crippen LogP contribution in [0.5, 0.6) is 0 Å². The Kier molecular flexibility index (Phi) is 3.92. The number of hydrogen-bond acceptors (Lipinski definition) is 8. The van der Waals surface area contributed by atoms with Crippen LogP contribution in [0, 0.1) is 0 Å². The van der Waals surface area contributed by atoms with E-state index in [1.54, 1.807) is 12.1 Å². The van der Waals surface area contributed by atoms with Crippen LogP contribution in [0.1, 0.15) is 19.8 Å². The summed E-state index contributed by atoms with van der Waals surface area (Å²) in [6, 6.07) is 7.23. The van der Waals surface area contributed by atoms with Crippen molar-refractivity contribution in [3.8, 4) is 0 Å². The summed E-state index contributed by atoms with van der Waals surface area (Å²) < 4.78 is 0. The lowest BCUT2D eigenvalue weighted by Crippen LogP contribution is -2.44. The van der Waals surface area contributed by atoms with Gasteiger partial charge in [0, 0.05) is 19.2 Å². The first-order valence-corrected chi connectivity index (χ1v) is 7.21. The number of guanidine groups is 1. The number of benzene rings is 1. The molecule has 2 aliphatic heterocycles. The lowest BCUT2D eigenvalue weighted by atomic mass is 10.2. The Morgan fingerprint density at radius 3 is 2.74 bits per heavy atom. The molecule has 1 aromatic rings. The van der Waals surface area contributed by atoms with Crippen molar-refractivity contribution in [3.63, 3.8) is 0 Å². The van der Waals surface area contributed by atoms with Gasteiger partial charge in [-0.15, -0.1) is 5.06 Å². The van der Waals surface area contributed by atoms with Gasteiger partial charge in [-0.1, -0.05) is 0 Å². The number of hydroxylamine groups is 1. The van der Waals surface area contributed by atoms with Crippen molar-refractivity contribution in [3.05, 3.63) is 24.3 Å². The first kappa shape index (κ1) is 14.9. The number of amides is 1. The van der Waals surface area contributed by atoms with Crippen molar-refractivity contribution in [2.24, 2.45) is 10.9 Å². The molecular formula is C14H17N5O4. The summed E-state index contributed by atoms with van der Waals surface area (Å²) in [6.45, 7) is 2.37. The van der Waals surface area contributed by atoms with Crippen molar-refractivity contribution in [1.82, 2.24) is 5.32 Å². The number of hydrogen-bond donors (Lipinski definition) is 2. The molecule has 3 N–H and O–H groups in total. The molecule has 1 fully saturated rings. The summed E-state index contributed by atoms with van der Waals surface area (Å²) in [7, 11) is 0. The molecule has 0 aromatic heterocycles. The van der Waals surface area contributed by atoms with Crippen LogP contribution in [-0.2, 0) is 14.5 Å². The summed E-state index contributed by atoms with van der Waals surface area (Å²) in [5, 5.41) is 7.42. The average molecular weight is 319 g/mol. The Hall–Kier alpha value is -2.97. The van der Waals surface area contributed by atoms with Crippen molar-refractivity contribution < 1.29 is 19.3 Å². The zero-order chi connectivity index (χ0) is 16.4. The average Bonchev–Trinajstić information content (AvgIpc) is 2.97. The van der Waals surface area contributed by atoms with Gasteiger partial charge in [-0.3, -0.25) is 14.5 Å². The Morgan fingerprint density at radius 1 is 1.35 bits per heavy atom. The molecule has 2 aliphatic rings. The smallest absolute Gasteiger partial charge is 0.364 e. The maximum Gasteiger partial charge on any atom is 0.561 e. The molecule has 0 spiro atoms. The SMILES string of the molecule is CC(=O)N[C@H]1CCCN1c1ccc(N2OC(=O)ON=C2N)cc1. The van der Waals surface area contributed by atoms with Gasteiger partial charge >= 0.3 is 6.16 Å². The maximum atomic E-state index is 11.3. The largest absolute Gasteiger partial charge is 0.561 e. The van der Waals surface area contributed by atoms with E-state index in [4.69, 9.17) is 10.6 Å². The second-order valence-corrected chi connectivity index (χ2v) is 5.24. The van der Waals surface area contributed by atoms with Gasteiger partial charge in [0.15, 0.2) is 0 Å². The first-order valence-electron chi connectivity index (χ1n) is 7.21. The van der Waals surface area contributed by atoms with Gasteiger partial charge in [-0.25, -0.2) is 0 Å². The minimum Gasteiger partial charge on any atom is -0.364 e. The van der Waals surface area contributed by atoms with E-state index in [1.807, 2.05) is 12.1 Å². The predicted octanol–water partition coefficient (Wildman–Crippen LogP) is 0.867. The molecule has 1 saturated heterocycles. The molecule has 1 atom stereocenters. The fourth-order valence-corrected chi connectivity index (χ4v) is 2.68. The van der Waals surface area contributed by atoms with Crippen LogP contribution < -0.4 is 21.0 Å². The number of oxime groups is 1. The van der Waals surface area contributed by atoms with Crippen LogP contribution in [0.4, 0.5) is 16.2 Å². The molecule has 1 aromatic carbocycles. The molecule has 9 heteroatoms. The van der Waals surface area contributed by atoms with Gasteiger partial charge in [-0.2, -0.15) is 4.79 Å². The molecule has 3 rings (SSSR count). The zero-order valence-corrected chi connectivity index (χ0v) is 12.6. The van der Waals surface area contributed by atoms with E-state index in [1.165, 1.54) is 6.92 Å². The zero-order valence-electron chi connectivity index (χ0n) is 12.6. The van der Waals surface area contributed by atoms with E-state index < -0.39 is 6.16 Å². The van der Waals surface area contributed by atoms with Gasteiger partial charge in [0.25, 0.3) is 5.96 Å². The third-order valence-electron chi connectivity index (χ3n) is 3.63. The lowest BCUT2D eigenvalue weighted by molar-refractivity contribution is -0.119. The van der Waals surface area contributed by atoms with E-state index >= 15 is 0 Å². The number of carbonyl (C=O) groups excluding carboxylic acids is 2. The second kappa shape index (κ2) is 6.03. The number of rotatable bonds is 3. The highest BCUT2D eigenvalue weighted by atomic mass is 16.9. The molecule has 1 amide bonds. The number of nitrogens with zero attached hydrogens (tertiary/aromatic N) is 3. The summed E-state index contributed by atoms with van der Waals surface area (Å²) >= 11 is 0. The van der Waals surface area contributed by atoms with E-state index in [-0.39, 0.29) is 18.0 Å². The monoisotopic (exact) mass is 319 g/mol. The first-order chi connectivity index (χ1) is 11.0. The van der Waals surface area contributed by atoms with E-state index in [0.29, 0.717) is 5.69 Å². The maximum absolute atomic E-state index is 11.3. The summed E-state index contributed by atoms with van der Waals surface area (Å²) in [4.78, 5) is 33.7. The Balaban J connectivity index is 1.77. The van der Waals surface area contributed by atoms with E-state index in [2.05, 4.69) is 20.2 Å². The van der Waals surface area contributed by atoms with Crippen molar-refractivity contribution in [2.75, 3.05) is 16.5 Å². The molecule has 0 bridgehead atoms. The summed E-state index contributed by atoms with van der Waals surface area (Å²) in [6.07, 6.45) is 0.954. The normalized spacial score (nSPS) is 20.7. The van der Waals surface area contributed by atoms with Crippen LogP contribution in [0.15, 0.2) is 29.4 Å². The Labute approximate surface area is 132 Å². The third-order valence-corrected chi connectivity index (χ3v) is 3.63. The van der Waals surface area contributed by atoms with Gasteiger partial charge in [0.2, 0.25) is 5.91 Å². The van der Waals surface area contributed by atoms with Gasteiger partial charge in [-0.05, 0) is 42.3 Å². The van der Waals surface area contributed by atoms with Gasteiger partial charge in [0.1, 0.15) is 6.17 Å². The van der Waals surface area contributed by atoms with E-state index in [0.717, 1.165) is 30.1 Å². The minimum absolute atomic E-state index is 0.00815. The topological polar surface area (TPSA) is 109 Å².